The molecule has 4 heteroatoms. The molecule has 1 aliphatic carbocycles. The highest BCUT2D eigenvalue weighted by Crippen LogP contribution is 2.29. The molecule has 4 nitrogen and oxygen atoms in total. The van der Waals surface area contributed by atoms with E-state index in [0.29, 0.717) is 23.9 Å². The maximum absolute atomic E-state index is 12.6. The van der Waals surface area contributed by atoms with Crippen molar-refractivity contribution in [1.29, 1.82) is 0 Å². The minimum atomic E-state index is 0.222. The predicted molar refractivity (Wildman–Crippen MR) is 82.4 cm³/mol. The molecule has 1 saturated carbocycles. The average molecular weight is 281 g/mol. The van der Waals surface area contributed by atoms with Gasteiger partial charge in [0.25, 0.3) is 0 Å². The highest BCUT2D eigenvalue weighted by atomic mass is 16.2. The molecule has 0 aromatic carbocycles. The summed E-state index contributed by atoms with van der Waals surface area (Å²) in [5.41, 5.74) is 6.05. The first-order chi connectivity index (χ1) is 9.52. The van der Waals surface area contributed by atoms with Crippen molar-refractivity contribution >= 4 is 5.91 Å². The Morgan fingerprint density at radius 2 is 1.90 bits per heavy atom. The van der Waals surface area contributed by atoms with E-state index in [2.05, 4.69) is 30.6 Å². The largest absolute Gasteiger partial charge is 0.340 e. The van der Waals surface area contributed by atoms with Crippen LogP contribution in [-0.2, 0) is 4.79 Å². The van der Waals surface area contributed by atoms with Crippen LogP contribution in [0.3, 0.4) is 0 Å². The second-order valence-corrected chi connectivity index (χ2v) is 6.77. The summed E-state index contributed by atoms with van der Waals surface area (Å²) < 4.78 is 0. The molecule has 0 radical (unpaired) electrons. The van der Waals surface area contributed by atoms with Crippen molar-refractivity contribution < 1.29 is 4.79 Å². The molecule has 2 rings (SSSR count). The smallest absolute Gasteiger partial charge is 0.225 e. The molecule has 2 N–H and O–H groups in total. The Morgan fingerprint density at radius 1 is 1.25 bits per heavy atom. The summed E-state index contributed by atoms with van der Waals surface area (Å²) in [4.78, 5) is 17.2. The highest BCUT2D eigenvalue weighted by Gasteiger charge is 2.33. The molecule has 0 aromatic heterocycles. The molecule has 1 aliphatic heterocycles. The van der Waals surface area contributed by atoms with Gasteiger partial charge in [-0.3, -0.25) is 9.69 Å². The van der Waals surface area contributed by atoms with Crippen LogP contribution in [-0.4, -0.2) is 54.0 Å². The standard InChI is InChI=1S/C16H31N3O/c1-4-13(3)18-7-9-19(10-8-18)16(20)14-5-6-15(17)12(2)11-14/h12-15H,4-11,17H2,1-3H3. The fourth-order valence-corrected chi connectivity index (χ4v) is 3.54. The number of nitrogens with zero attached hydrogens (tertiary/aromatic N) is 2. The summed E-state index contributed by atoms with van der Waals surface area (Å²) in [6, 6.07) is 0.932. The number of hydrogen-bond acceptors (Lipinski definition) is 3. The highest BCUT2D eigenvalue weighted by molar-refractivity contribution is 5.79. The molecule has 0 bridgehead atoms. The second kappa shape index (κ2) is 6.90. The predicted octanol–water partition coefficient (Wildman–Crippen LogP) is 1.69. The number of hydrogen-bond donors (Lipinski definition) is 1. The summed E-state index contributed by atoms with van der Waals surface area (Å²) >= 11 is 0. The van der Waals surface area contributed by atoms with E-state index in [4.69, 9.17) is 5.73 Å². The number of piperazine rings is 1. The zero-order chi connectivity index (χ0) is 14.7. The molecular formula is C16H31N3O. The van der Waals surface area contributed by atoms with Gasteiger partial charge in [-0.2, -0.15) is 0 Å². The fraction of sp³-hybridized carbons (Fsp3) is 0.938. The molecule has 1 heterocycles. The van der Waals surface area contributed by atoms with E-state index in [0.717, 1.165) is 45.4 Å². The molecule has 1 saturated heterocycles. The van der Waals surface area contributed by atoms with Gasteiger partial charge < -0.3 is 10.6 Å². The topological polar surface area (TPSA) is 49.6 Å². The lowest BCUT2D eigenvalue weighted by Crippen LogP contribution is -2.53. The van der Waals surface area contributed by atoms with Gasteiger partial charge in [-0.25, -0.2) is 0 Å². The number of nitrogens with two attached hydrogens (primary N) is 1. The molecule has 4 unspecified atom stereocenters. The lowest BCUT2D eigenvalue weighted by Gasteiger charge is -2.40. The normalized spacial score (nSPS) is 34.0. The van der Waals surface area contributed by atoms with Gasteiger partial charge in [0.2, 0.25) is 5.91 Å². The van der Waals surface area contributed by atoms with Crippen molar-refractivity contribution in [3.8, 4) is 0 Å². The minimum Gasteiger partial charge on any atom is -0.340 e. The van der Waals surface area contributed by atoms with Crippen LogP contribution in [0.5, 0.6) is 0 Å². The van der Waals surface area contributed by atoms with Gasteiger partial charge in [-0.15, -0.1) is 0 Å². The zero-order valence-electron chi connectivity index (χ0n) is 13.3. The van der Waals surface area contributed by atoms with Crippen LogP contribution >= 0.6 is 0 Å². The van der Waals surface area contributed by atoms with Crippen LogP contribution in [0.2, 0.25) is 0 Å². The maximum atomic E-state index is 12.6. The Labute approximate surface area is 123 Å². The molecule has 0 aromatic rings. The van der Waals surface area contributed by atoms with Crippen molar-refractivity contribution in [3.63, 3.8) is 0 Å². The summed E-state index contributed by atoms with van der Waals surface area (Å²) in [6.07, 6.45) is 4.15. The molecule has 116 valence electrons. The molecule has 20 heavy (non-hydrogen) atoms. The van der Waals surface area contributed by atoms with E-state index in [1.807, 2.05) is 0 Å². The second-order valence-electron chi connectivity index (χ2n) is 6.77. The quantitative estimate of drug-likeness (QED) is 0.856. The van der Waals surface area contributed by atoms with Crippen LogP contribution in [0.1, 0.15) is 46.5 Å². The molecule has 2 fully saturated rings. The van der Waals surface area contributed by atoms with E-state index in [1.54, 1.807) is 0 Å². The maximum Gasteiger partial charge on any atom is 0.225 e. The Kier molecular flexibility index (Phi) is 5.44. The number of carbonyl (C=O) groups excluding carboxylic acids is 1. The first-order valence-electron chi connectivity index (χ1n) is 8.31. The molecule has 4 atom stereocenters. The average Bonchev–Trinajstić information content (AvgIpc) is 2.48. The van der Waals surface area contributed by atoms with E-state index in [9.17, 15) is 4.79 Å². The van der Waals surface area contributed by atoms with Crippen LogP contribution < -0.4 is 5.73 Å². The Balaban J connectivity index is 1.83. The van der Waals surface area contributed by atoms with Gasteiger partial charge >= 0.3 is 0 Å². The van der Waals surface area contributed by atoms with Crippen molar-refractivity contribution in [3.05, 3.63) is 0 Å². The third-order valence-corrected chi connectivity index (χ3v) is 5.43. The summed E-state index contributed by atoms with van der Waals surface area (Å²) in [5, 5.41) is 0. The first kappa shape index (κ1) is 15.8. The molecular weight excluding hydrogens is 250 g/mol. The Bertz CT molecular complexity index is 326. The molecule has 1 amide bonds. The van der Waals surface area contributed by atoms with Gasteiger partial charge in [-0.05, 0) is 38.5 Å². The Morgan fingerprint density at radius 3 is 2.45 bits per heavy atom. The Hall–Kier alpha value is -0.610. The van der Waals surface area contributed by atoms with Crippen molar-refractivity contribution in [2.24, 2.45) is 17.6 Å². The zero-order valence-corrected chi connectivity index (χ0v) is 13.3. The lowest BCUT2D eigenvalue weighted by atomic mass is 9.78. The first-order valence-corrected chi connectivity index (χ1v) is 8.31. The monoisotopic (exact) mass is 281 g/mol. The van der Waals surface area contributed by atoms with Crippen molar-refractivity contribution in [2.75, 3.05) is 26.2 Å². The van der Waals surface area contributed by atoms with Gasteiger partial charge in [0.15, 0.2) is 0 Å². The van der Waals surface area contributed by atoms with E-state index >= 15 is 0 Å². The summed E-state index contributed by atoms with van der Waals surface area (Å²) in [5.74, 6) is 1.09. The third kappa shape index (κ3) is 3.53. The van der Waals surface area contributed by atoms with E-state index < -0.39 is 0 Å². The van der Waals surface area contributed by atoms with E-state index in [-0.39, 0.29) is 5.92 Å². The fourth-order valence-electron chi connectivity index (χ4n) is 3.54. The molecule has 2 aliphatic rings. The van der Waals surface area contributed by atoms with Gasteiger partial charge in [0, 0.05) is 44.2 Å². The number of rotatable bonds is 3. The van der Waals surface area contributed by atoms with Crippen LogP contribution in [0.4, 0.5) is 0 Å². The lowest BCUT2D eigenvalue weighted by molar-refractivity contribution is -0.139. The third-order valence-electron chi connectivity index (χ3n) is 5.43. The summed E-state index contributed by atoms with van der Waals surface area (Å²) in [7, 11) is 0. The van der Waals surface area contributed by atoms with E-state index in [1.165, 1.54) is 6.42 Å². The summed E-state index contributed by atoms with van der Waals surface area (Å²) in [6.45, 7) is 10.6. The number of amides is 1. The number of carbonyl (C=O) groups is 1. The van der Waals surface area contributed by atoms with Gasteiger partial charge in [-0.1, -0.05) is 13.8 Å². The van der Waals surface area contributed by atoms with Gasteiger partial charge in [0.05, 0.1) is 0 Å². The SMILES string of the molecule is CCC(C)N1CCN(C(=O)C2CCC(N)C(C)C2)CC1. The van der Waals surface area contributed by atoms with Crippen LogP contribution in [0.25, 0.3) is 0 Å². The molecule has 0 spiro atoms. The van der Waals surface area contributed by atoms with Crippen LogP contribution in [0.15, 0.2) is 0 Å². The van der Waals surface area contributed by atoms with Crippen LogP contribution in [0, 0.1) is 11.8 Å². The van der Waals surface area contributed by atoms with Crippen molar-refractivity contribution in [1.82, 2.24) is 9.80 Å². The van der Waals surface area contributed by atoms with Crippen molar-refractivity contribution in [2.45, 2.75) is 58.5 Å². The minimum absolute atomic E-state index is 0.222. The van der Waals surface area contributed by atoms with Gasteiger partial charge in [0.1, 0.15) is 0 Å².